The fourth-order valence-electron chi connectivity index (χ4n) is 3.24. The van der Waals surface area contributed by atoms with Gasteiger partial charge in [0.05, 0.1) is 0 Å². The molecule has 104 valence electrons. The van der Waals surface area contributed by atoms with Crippen LogP contribution in [0.2, 0.25) is 0 Å². The first kappa shape index (κ1) is 14.3. The smallest absolute Gasteiger partial charge is 0.140 e. The molecule has 0 bridgehead atoms. The van der Waals surface area contributed by atoms with E-state index in [-0.39, 0.29) is 5.92 Å². The molecule has 1 aromatic rings. The third-order valence-electron chi connectivity index (χ3n) is 4.30. The maximum absolute atomic E-state index is 12.4. The lowest BCUT2D eigenvalue weighted by atomic mass is 9.79. The van der Waals surface area contributed by atoms with Crippen molar-refractivity contribution >= 4 is 5.78 Å². The van der Waals surface area contributed by atoms with E-state index < -0.39 is 0 Å². The van der Waals surface area contributed by atoms with Crippen LogP contribution in [0.3, 0.4) is 0 Å². The van der Waals surface area contributed by atoms with Gasteiger partial charge in [0, 0.05) is 12.3 Å². The van der Waals surface area contributed by atoms with Crippen molar-refractivity contribution in [1.29, 1.82) is 0 Å². The number of Topliss-reactive ketones (excluding diaryl/α,β-unsaturated/α-hetero) is 1. The van der Waals surface area contributed by atoms with Crippen molar-refractivity contribution in [2.75, 3.05) is 6.54 Å². The second-order valence-electron chi connectivity index (χ2n) is 6.09. The SMILES string of the molecule is Cc1cc(C)cc(CC(=O)C2CCC(CN)CC2)c1. The summed E-state index contributed by atoms with van der Waals surface area (Å²) in [4.78, 5) is 12.4. The van der Waals surface area contributed by atoms with Crippen LogP contribution in [0.4, 0.5) is 0 Å². The van der Waals surface area contributed by atoms with E-state index in [1.54, 1.807) is 0 Å². The number of rotatable bonds is 4. The number of carbonyl (C=O) groups excluding carboxylic acids is 1. The Kier molecular flexibility index (Phi) is 4.76. The Labute approximate surface area is 116 Å². The predicted octanol–water partition coefficient (Wildman–Crippen LogP) is 3.18. The summed E-state index contributed by atoms with van der Waals surface area (Å²) in [5.41, 5.74) is 9.36. The molecule has 1 fully saturated rings. The molecule has 0 unspecified atom stereocenters. The Balaban J connectivity index is 1.94. The maximum Gasteiger partial charge on any atom is 0.140 e. The van der Waals surface area contributed by atoms with Crippen molar-refractivity contribution in [3.63, 3.8) is 0 Å². The number of nitrogens with two attached hydrogens (primary N) is 1. The minimum Gasteiger partial charge on any atom is -0.330 e. The van der Waals surface area contributed by atoms with Gasteiger partial charge in [0.15, 0.2) is 0 Å². The first-order valence-corrected chi connectivity index (χ1v) is 7.38. The summed E-state index contributed by atoms with van der Waals surface area (Å²) in [6.45, 7) is 4.96. The molecule has 2 rings (SSSR count). The van der Waals surface area contributed by atoms with Gasteiger partial charge in [-0.3, -0.25) is 4.79 Å². The van der Waals surface area contributed by atoms with Crippen molar-refractivity contribution in [3.8, 4) is 0 Å². The number of hydrogen-bond donors (Lipinski definition) is 1. The second kappa shape index (κ2) is 6.33. The molecule has 2 nitrogen and oxygen atoms in total. The van der Waals surface area contributed by atoms with Crippen molar-refractivity contribution in [2.45, 2.75) is 46.0 Å². The third kappa shape index (κ3) is 3.90. The highest BCUT2D eigenvalue weighted by Gasteiger charge is 2.25. The molecular formula is C17H25NO. The summed E-state index contributed by atoms with van der Waals surface area (Å²) in [7, 11) is 0. The van der Waals surface area contributed by atoms with Crippen LogP contribution in [0.1, 0.15) is 42.4 Å². The van der Waals surface area contributed by atoms with E-state index in [0.29, 0.717) is 18.1 Å². The number of ketones is 1. The highest BCUT2D eigenvalue weighted by Crippen LogP contribution is 2.29. The van der Waals surface area contributed by atoms with Gasteiger partial charge in [0.1, 0.15) is 5.78 Å². The van der Waals surface area contributed by atoms with Crippen LogP contribution in [0.5, 0.6) is 0 Å². The van der Waals surface area contributed by atoms with E-state index in [1.165, 1.54) is 16.7 Å². The fourth-order valence-corrected chi connectivity index (χ4v) is 3.24. The van der Waals surface area contributed by atoms with E-state index in [4.69, 9.17) is 5.73 Å². The number of benzene rings is 1. The molecule has 0 heterocycles. The van der Waals surface area contributed by atoms with E-state index in [2.05, 4.69) is 32.0 Å². The van der Waals surface area contributed by atoms with E-state index >= 15 is 0 Å². The van der Waals surface area contributed by atoms with Gasteiger partial charge in [-0.2, -0.15) is 0 Å². The zero-order valence-electron chi connectivity index (χ0n) is 12.1. The summed E-state index contributed by atoms with van der Waals surface area (Å²) in [5, 5.41) is 0. The number of carbonyl (C=O) groups is 1. The molecule has 2 heteroatoms. The molecule has 0 amide bonds. The van der Waals surface area contributed by atoms with Crippen molar-refractivity contribution in [3.05, 3.63) is 34.9 Å². The van der Waals surface area contributed by atoms with Gasteiger partial charge in [-0.05, 0) is 57.6 Å². The van der Waals surface area contributed by atoms with Crippen LogP contribution >= 0.6 is 0 Å². The van der Waals surface area contributed by atoms with E-state index in [9.17, 15) is 4.79 Å². The van der Waals surface area contributed by atoms with Crippen molar-refractivity contribution in [2.24, 2.45) is 17.6 Å². The van der Waals surface area contributed by atoms with Crippen LogP contribution in [0.25, 0.3) is 0 Å². The Morgan fingerprint density at radius 1 is 1.11 bits per heavy atom. The lowest BCUT2D eigenvalue weighted by Gasteiger charge is -2.26. The van der Waals surface area contributed by atoms with Crippen LogP contribution in [0.15, 0.2) is 18.2 Å². The highest BCUT2D eigenvalue weighted by atomic mass is 16.1. The van der Waals surface area contributed by atoms with Gasteiger partial charge < -0.3 is 5.73 Å². The van der Waals surface area contributed by atoms with E-state index in [1.807, 2.05) is 0 Å². The standard InChI is InChI=1S/C17H25NO/c1-12-7-13(2)9-15(8-12)10-17(19)16-5-3-14(11-18)4-6-16/h7-9,14,16H,3-6,10-11,18H2,1-2H3. The predicted molar refractivity (Wildman–Crippen MR) is 79.1 cm³/mol. The molecule has 0 saturated heterocycles. The van der Waals surface area contributed by atoms with Gasteiger partial charge in [-0.1, -0.05) is 29.3 Å². The molecule has 0 aromatic heterocycles. The molecule has 1 aliphatic rings. The van der Waals surface area contributed by atoms with Gasteiger partial charge >= 0.3 is 0 Å². The van der Waals surface area contributed by atoms with Gasteiger partial charge in [0.2, 0.25) is 0 Å². The summed E-state index contributed by atoms with van der Waals surface area (Å²) in [6.07, 6.45) is 4.91. The van der Waals surface area contributed by atoms with Crippen LogP contribution < -0.4 is 5.73 Å². The Bertz CT molecular complexity index is 424. The van der Waals surface area contributed by atoms with Gasteiger partial charge in [-0.25, -0.2) is 0 Å². The normalized spacial score (nSPS) is 23.3. The first-order valence-electron chi connectivity index (χ1n) is 7.38. The zero-order valence-corrected chi connectivity index (χ0v) is 12.1. The van der Waals surface area contributed by atoms with Gasteiger partial charge in [0.25, 0.3) is 0 Å². The number of hydrogen-bond acceptors (Lipinski definition) is 2. The highest BCUT2D eigenvalue weighted by molar-refractivity contribution is 5.83. The molecule has 0 aliphatic heterocycles. The zero-order chi connectivity index (χ0) is 13.8. The Morgan fingerprint density at radius 3 is 2.21 bits per heavy atom. The largest absolute Gasteiger partial charge is 0.330 e. The molecule has 0 radical (unpaired) electrons. The lowest BCUT2D eigenvalue weighted by Crippen LogP contribution is -2.26. The quantitative estimate of drug-likeness (QED) is 0.902. The van der Waals surface area contributed by atoms with Crippen LogP contribution in [0, 0.1) is 25.7 Å². The molecule has 0 spiro atoms. The monoisotopic (exact) mass is 259 g/mol. The fraction of sp³-hybridized carbons (Fsp3) is 0.588. The summed E-state index contributed by atoms with van der Waals surface area (Å²) in [5.74, 6) is 1.33. The molecule has 2 N–H and O–H groups in total. The topological polar surface area (TPSA) is 43.1 Å². The summed E-state index contributed by atoms with van der Waals surface area (Å²) >= 11 is 0. The molecule has 1 aromatic carbocycles. The van der Waals surface area contributed by atoms with Crippen LogP contribution in [-0.2, 0) is 11.2 Å². The van der Waals surface area contributed by atoms with Crippen LogP contribution in [-0.4, -0.2) is 12.3 Å². The molecular weight excluding hydrogens is 234 g/mol. The Morgan fingerprint density at radius 2 is 1.68 bits per heavy atom. The summed E-state index contributed by atoms with van der Waals surface area (Å²) in [6, 6.07) is 6.42. The average molecular weight is 259 g/mol. The first-order chi connectivity index (χ1) is 9.08. The Hall–Kier alpha value is -1.15. The lowest BCUT2D eigenvalue weighted by molar-refractivity contribution is -0.123. The summed E-state index contributed by atoms with van der Waals surface area (Å²) < 4.78 is 0. The van der Waals surface area contributed by atoms with Crippen molar-refractivity contribution < 1.29 is 4.79 Å². The minimum atomic E-state index is 0.267. The number of aryl methyl sites for hydroxylation is 2. The van der Waals surface area contributed by atoms with Gasteiger partial charge in [-0.15, -0.1) is 0 Å². The molecule has 19 heavy (non-hydrogen) atoms. The second-order valence-corrected chi connectivity index (χ2v) is 6.09. The van der Waals surface area contributed by atoms with Crippen molar-refractivity contribution in [1.82, 2.24) is 0 Å². The molecule has 0 atom stereocenters. The average Bonchev–Trinajstić information content (AvgIpc) is 2.37. The molecule has 1 saturated carbocycles. The third-order valence-corrected chi connectivity index (χ3v) is 4.30. The minimum absolute atomic E-state index is 0.267. The molecule has 1 aliphatic carbocycles. The van der Waals surface area contributed by atoms with E-state index in [0.717, 1.165) is 32.2 Å². The maximum atomic E-state index is 12.4.